The van der Waals surface area contributed by atoms with Crippen LogP contribution in [-0.2, 0) is 6.42 Å². The van der Waals surface area contributed by atoms with Crippen LogP contribution in [0.3, 0.4) is 0 Å². The minimum absolute atomic E-state index is 0.0380. The summed E-state index contributed by atoms with van der Waals surface area (Å²) >= 11 is 3.23. The highest BCUT2D eigenvalue weighted by atomic mass is 32.2. The predicted molar refractivity (Wildman–Crippen MR) is 152 cm³/mol. The average molecular weight is 509 g/mol. The molecule has 36 heavy (non-hydrogen) atoms. The topological polar surface area (TPSA) is 34.4 Å². The maximum atomic E-state index is 13.9. The van der Waals surface area contributed by atoms with Crippen LogP contribution >= 0.6 is 23.1 Å². The lowest BCUT2D eigenvalue weighted by molar-refractivity contribution is 0.585. The molecule has 1 aromatic heterocycles. The fourth-order valence-electron chi connectivity index (χ4n) is 5.24. The number of nitrogens with zero attached hydrogens (tertiary/aromatic N) is 2. The molecule has 0 radical (unpaired) electrons. The summed E-state index contributed by atoms with van der Waals surface area (Å²) in [5, 5.41) is 0. The Morgan fingerprint density at radius 1 is 1.00 bits per heavy atom. The Morgan fingerprint density at radius 2 is 1.75 bits per heavy atom. The first-order valence-electron chi connectivity index (χ1n) is 12.4. The number of thiazole rings is 1. The van der Waals surface area contributed by atoms with Gasteiger partial charge in [-0.2, -0.15) is 0 Å². The average Bonchev–Trinajstić information content (AvgIpc) is 3.22. The van der Waals surface area contributed by atoms with E-state index < -0.39 is 0 Å². The lowest BCUT2D eigenvalue weighted by atomic mass is 9.83. The molecule has 0 N–H and O–H groups in total. The van der Waals surface area contributed by atoms with Gasteiger partial charge in [0.15, 0.2) is 4.80 Å². The van der Waals surface area contributed by atoms with Crippen LogP contribution in [0.2, 0.25) is 0 Å². The maximum absolute atomic E-state index is 13.9. The molecule has 5 heteroatoms. The lowest BCUT2D eigenvalue weighted by Crippen LogP contribution is -2.38. The van der Waals surface area contributed by atoms with Crippen molar-refractivity contribution < 1.29 is 0 Å². The van der Waals surface area contributed by atoms with Crippen LogP contribution in [0.5, 0.6) is 0 Å². The highest BCUT2D eigenvalue weighted by Crippen LogP contribution is 2.41. The van der Waals surface area contributed by atoms with Gasteiger partial charge in [0.2, 0.25) is 0 Å². The Balaban J connectivity index is 1.56. The van der Waals surface area contributed by atoms with Crippen LogP contribution in [0.4, 0.5) is 0 Å². The second kappa shape index (κ2) is 9.38. The van der Waals surface area contributed by atoms with Crippen molar-refractivity contribution in [3.8, 4) is 0 Å². The Bertz CT molecular complexity index is 1660. The van der Waals surface area contributed by atoms with Crippen molar-refractivity contribution in [2.24, 2.45) is 4.99 Å². The van der Waals surface area contributed by atoms with E-state index in [1.54, 1.807) is 11.8 Å². The molecular formula is C31H28N2OS2. The van der Waals surface area contributed by atoms with Crippen LogP contribution in [0, 0.1) is 0 Å². The normalized spacial score (nSPS) is 17.0. The summed E-state index contributed by atoms with van der Waals surface area (Å²) in [5.74, 6) is 0.482. The molecule has 2 aliphatic rings. The first-order valence-corrected chi connectivity index (χ1v) is 14.4. The molecule has 0 bridgehead atoms. The van der Waals surface area contributed by atoms with Crippen LogP contribution in [0.15, 0.2) is 93.1 Å². The zero-order chi connectivity index (χ0) is 24.8. The minimum Gasteiger partial charge on any atom is -0.272 e. The molecule has 4 aromatic rings. The van der Waals surface area contributed by atoms with Crippen LogP contribution in [0.1, 0.15) is 60.0 Å². The summed E-state index contributed by atoms with van der Waals surface area (Å²) in [6, 6.07) is 25.6. The van der Waals surface area contributed by atoms with Crippen molar-refractivity contribution >= 4 is 34.9 Å². The van der Waals surface area contributed by atoms with E-state index in [2.05, 4.69) is 92.9 Å². The summed E-state index contributed by atoms with van der Waals surface area (Å²) in [7, 11) is 0. The van der Waals surface area contributed by atoms with Crippen LogP contribution in [-0.4, -0.2) is 10.8 Å². The Hall–Kier alpha value is -3.15. The second-order valence-electron chi connectivity index (χ2n) is 9.71. The van der Waals surface area contributed by atoms with Gasteiger partial charge in [-0.05, 0) is 71.1 Å². The van der Waals surface area contributed by atoms with Gasteiger partial charge < -0.3 is 0 Å². The number of hydrogen-bond acceptors (Lipinski definition) is 4. The summed E-state index contributed by atoms with van der Waals surface area (Å²) in [6.07, 6.45) is 5.98. The van der Waals surface area contributed by atoms with Crippen molar-refractivity contribution in [1.29, 1.82) is 0 Å². The van der Waals surface area contributed by atoms with Crippen molar-refractivity contribution in [2.45, 2.75) is 43.5 Å². The SMILES string of the molecule is CSc1ccc(C2C3=C(N=c4sc(=Cc5ccc(C(C)C)cc5)c(=O)n42)c2ccccc2CC3)cc1. The molecule has 0 saturated heterocycles. The highest BCUT2D eigenvalue weighted by molar-refractivity contribution is 7.98. The molecule has 1 aliphatic heterocycles. The van der Waals surface area contributed by atoms with Gasteiger partial charge in [0.25, 0.3) is 5.56 Å². The van der Waals surface area contributed by atoms with Crippen molar-refractivity contribution in [1.82, 2.24) is 4.57 Å². The van der Waals surface area contributed by atoms with E-state index in [4.69, 9.17) is 4.99 Å². The molecule has 2 heterocycles. The van der Waals surface area contributed by atoms with E-state index in [-0.39, 0.29) is 11.6 Å². The van der Waals surface area contributed by atoms with Gasteiger partial charge >= 0.3 is 0 Å². The molecular weight excluding hydrogens is 480 g/mol. The van der Waals surface area contributed by atoms with Gasteiger partial charge in [0.1, 0.15) is 0 Å². The quantitative estimate of drug-likeness (QED) is 0.309. The number of fused-ring (bicyclic) bond motifs is 3. The van der Waals surface area contributed by atoms with Gasteiger partial charge in [0, 0.05) is 10.5 Å². The van der Waals surface area contributed by atoms with Gasteiger partial charge in [-0.25, -0.2) is 4.99 Å². The van der Waals surface area contributed by atoms with Gasteiger partial charge in [-0.3, -0.25) is 9.36 Å². The highest BCUT2D eigenvalue weighted by Gasteiger charge is 2.32. The van der Waals surface area contributed by atoms with Crippen LogP contribution < -0.4 is 14.9 Å². The Labute approximate surface area is 219 Å². The third kappa shape index (κ3) is 4.00. The molecule has 180 valence electrons. The van der Waals surface area contributed by atoms with E-state index in [9.17, 15) is 4.79 Å². The summed E-state index contributed by atoms with van der Waals surface area (Å²) in [5.41, 5.74) is 8.34. The summed E-state index contributed by atoms with van der Waals surface area (Å²) in [6.45, 7) is 4.39. The third-order valence-electron chi connectivity index (χ3n) is 7.21. The largest absolute Gasteiger partial charge is 0.272 e. The molecule has 3 aromatic carbocycles. The monoisotopic (exact) mass is 508 g/mol. The van der Waals surface area contributed by atoms with Crippen molar-refractivity contribution in [3.05, 3.63) is 126 Å². The predicted octanol–water partition coefficient (Wildman–Crippen LogP) is 6.16. The smallest absolute Gasteiger partial charge is 0.271 e. The van der Waals surface area contributed by atoms with Crippen molar-refractivity contribution in [3.63, 3.8) is 0 Å². The fraction of sp³-hybridized carbons (Fsp3) is 0.226. The maximum Gasteiger partial charge on any atom is 0.271 e. The second-order valence-corrected chi connectivity index (χ2v) is 11.6. The zero-order valence-corrected chi connectivity index (χ0v) is 22.3. The molecule has 0 spiro atoms. The third-order valence-corrected chi connectivity index (χ3v) is 8.93. The number of allylic oxidation sites excluding steroid dienone is 1. The minimum atomic E-state index is -0.133. The van der Waals surface area contributed by atoms with E-state index in [1.165, 1.54) is 38.5 Å². The molecule has 6 rings (SSSR count). The molecule has 0 fully saturated rings. The van der Waals surface area contributed by atoms with E-state index >= 15 is 0 Å². The van der Waals surface area contributed by atoms with E-state index in [1.807, 2.05) is 10.6 Å². The molecule has 1 aliphatic carbocycles. The van der Waals surface area contributed by atoms with Gasteiger partial charge in [-0.1, -0.05) is 85.8 Å². The van der Waals surface area contributed by atoms with E-state index in [0.717, 1.165) is 39.0 Å². The lowest BCUT2D eigenvalue weighted by Gasteiger charge is -2.30. The van der Waals surface area contributed by atoms with Crippen molar-refractivity contribution in [2.75, 3.05) is 6.26 Å². The van der Waals surface area contributed by atoms with Gasteiger partial charge in [-0.15, -0.1) is 11.8 Å². The standard InChI is InChI=1S/C31H28N2OS2/c1-19(2)21-10-8-20(9-11-21)18-27-30(34)33-29(23-12-15-24(35-3)16-13-23)26-17-14-22-6-4-5-7-25(22)28(26)32-31(33)36-27/h4-13,15-16,18-19,29H,14,17H2,1-3H3. The molecule has 0 saturated carbocycles. The van der Waals surface area contributed by atoms with E-state index in [0.29, 0.717) is 5.92 Å². The first-order chi connectivity index (χ1) is 17.5. The molecule has 3 nitrogen and oxygen atoms in total. The Kier molecular flexibility index (Phi) is 6.06. The number of hydrogen-bond donors (Lipinski definition) is 0. The number of thioether (sulfide) groups is 1. The van der Waals surface area contributed by atoms with Crippen LogP contribution in [0.25, 0.3) is 11.8 Å². The molecule has 1 unspecified atom stereocenters. The summed E-state index contributed by atoms with van der Waals surface area (Å²) in [4.78, 5) is 21.0. The Morgan fingerprint density at radius 3 is 2.47 bits per heavy atom. The summed E-state index contributed by atoms with van der Waals surface area (Å²) < 4.78 is 2.66. The van der Waals surface area contributed by atoms with Gasteiger partial charge in [0.05, 0.1) is 16.3 Å². The first kappa shape index (κ1) is 23.3. The number of aryl methyl sites for hydroxylation is 1. The number of aromatic nitrogens is 1. The zero-order valence-electron chi connectivity index (χ0n) is 20.7. The molecule has 1 atom stereocenters. The number of benzene rings is 3. The fourth-order valence-corrected chi connectivity index (χ4v) is 6.65. The molecule has 0 amide bonds. The number of rotatable bonds is 4.